The quantitative estimate of drug-likeness (QED) is 0.771. The molecule has 2 aromatic rings. The SMILES string of the molecule is Fc1cc(Cl)ccc1NCc1ccc(Br)cc1Cl. The molecule has 0 aromatic heterocycles. The fourth-order valence-corrected chi connectivity index (χ4v) is 2.39. The highest BCUT2D eigenvalue weighted by molar-refractivity contribution is 9.10. The first-order chi connectivity index (χ1) is 8.56. The summed E-state index contributed by atoms with van der Waals surface area (Å²) in [6, 6.07) is 10.1. The molecule has 94 valence electrons. The Labute approximate surface area is 123 Å². The lowest BCUT2D eigenvalue weighted by Crippen LogP contribution is -2.01. The first-order valence-electron chi connectivity index (χ1n) is 5.19. The Morgan fingerprint density at radius 1 is 1.11 bits per heavy atom. The molecule has 0 atom stereocenters. The fraction of sp³-hybridized carbons (Fsp3) is 0.0769. The molecule has 0 unspecified atom stereocenters. The zero-order valence-corrected chi connectivity index (χ0v) is 12.3. The van der Waals surface area contributed by atoms with Crippen molar-refractivity contribution in [3.05, 3.63) is 62.3 Å². The molecule has 0 bridgehead atoms. The van der Waals surface area contributed by atoms with Crippen LogP contribution in [0, 0.1) is 5.82 Å². The summed E-state index contributed by atoms with van der Waals surface area (Å²) < 4.78 is 14.4. The van der Waals surface area contributed by atoms with Gasteiger partial charge in [-0.15, -0.1) is 0 Å². The Morgan fingerprint density at radius 3 is 2.56 bits per heavy atom. The van der Waals surface area contributed by atoms with Crippen LogP contribution in [0.2, 0.25) is 10.0 Å². The van der Waals surface area contributed by atoms with E-state index in [1.165, 1.54) is 6.07 Å². The van der Waals surface area contributed by atoms with Crippen LogP contribution in [0.1, 0.15) is 5.56 Å². The third-order valence-corrected chi connectivity index (χ3v) is 3.50. The van der Waals surface area contributed by atoms with Crippen molar-refractivity contribution in [2.75, 3.05) is 5.32 Å². The van der Waals surface area contributed by atoms with Gasteiger partial charge in [-0.05, 0) is 35.9 Å². The van der Waals surface area contributed by atoms with Crippen molar-refractivity contribution in [2.45, 2.75) is 6.54 Å². The third-order valence-electron chi connectivity index (χ3n) is 2.42. The lowest BCUT2D eigenvalue weighted by Gasteiger charge is -2.09. The highest BCUT2D eigenvalue weighted by Gasteiger charge is 2.04. The van der Waals surface area contributed by atoms with Crippen LogP contribution in [0.15, 0.2) is 40.9 Å². The monoisotopic (exact) mass is 347 g/mol. The Hall–Kier alpha value is -0.770. The summed E-state index contributed by atoms with van der Waals surface area (Å²) in [4.78, 5) is 0. The third kappa shape index (κ3) is 3.37. The van der Waals surface area contributed by atoms with Gasteiger partial charge >= 0.3 is 0 Å². The molecule has 0 saturated heterocycles. The Balaban J connectivity index is 2.11. The maximum atomic E-state index is 13.5. The molecular formula is C13H9BrCl2FN. The van der Waals surface area contributed by atoms with Gasteiger partial charge in [-0.1, -0.05) is 45.2 Å². The van der Waals surface area contributed by atoms with Gasteiger partial charge in [0.05, 0.1) is 5.69 Å². The molecule has 5 heteroatoms. The van der Waals surface area contributed by atoms with Gasteiger partial charge in [0.1, 0.15) is 5.82 Å². The zero-order valence-electron chi connectivity index (χ0n) is 9.18. The van der Waals surface area contributed by atoms with Gasteiger partial charge in [0.15, 0.2) is 0 Å². The van der Waals surface area contributed by atoms with Gasteiger partial charge in [0, 0.05) is 21.1 Å². The number of hydrogen-bond donors (Lipinski definition) is 1. The average molecular weight is 349 g/mol. The van der Waals surface area contributed by atoms with Gasteiger partial charge < -0.3 is 5.32 Å². The van der Waals surface area contributed by atoms with Crippen molar-refractivity contribution in [3.63, 3.8) is 0 Å². The van der Waals surface area contributed by atoms with E-state index in [-0.39, 0.29) is 5.82 Å². The minimum atomic E-state index is -0.379. The summed E-state index contributed by atoms with van der Waals surface area (Å²) >= 11 is 15.1. The summed E-state index contributed by atoms with van der Waals surface area (Å²) in [6.45, 7) is 0.449. The molecule has 0 aliphatic rings. The van der Waals surface area contributed by atoms with Gasteiger partial charge in [0.2, 0.25) is 0 Å². The van der Waals surface area contributed by atoms with Crippen molar-refractivity contribution in [3.8, 4) is 0 Å². The number of anilines is 1. The molecule has 0 aliphatic heterocycles. The predicted octanol–water partition coefficient (Wildman–Crippen LogP) is 5.51. The lowest BCUT2D eigenvalue weighted by atomic mass is 10.2. The van der Waals surface area contributed by atoms with E-state index in [4.69, 9.17) is 23.2 Å². The van der Waals surface area contributed by atoms with Crippen molar-refractivity contribution >= 4 is 44.8 Å². The standard InChI is InChI=1S/C13H9BrCl2FN/c14-9-2-1-8(11(16)5-9)7-18-13-4-3-10(15)6-12(13)17/h1-6,18H,7H2. The van der Waals surface area contributed by atoms with Gasteiger partial charge in [0.25, 0.3) is 0 Å². The van der Waals surface area contributed by atoms with E-state index < -0.39 is 0 Å². The lowest BCUT2D eigenvalue weighted by molar-refractivity contribution is 0.630. The molecule has 0 aliphatic carbocycles. The van der Waals surface area contributed by atoms with E-state index in [2.05, 4.69) is 21.2 Å². The number of nitrogens with one attached hydrogen (secondary N) is 1. The second kappa shape index (κ2) is 5.91. The molecule has 1 nitrogen and oxygen atoms in total. The Morgan fingerprint density at radius 2 is 1.89 bits per heavy atom. The summed E-state index contributed by atoms with van der Waals surface area (Å²) in [6.07, 6.45) is 0. The van der Waals surface area contributed by atoms with Crippen LogP contribution in [0.5, 0.6) is 0 Å². The van der Waals surface area contributed by atoms with E-state index >= 15 is 0 Å². The van der Waals surface area contributed by atoms with E-state index in [9.17, 15) is 4.39 Å². The van der Waals surface area contributed by atoms with E-state index in [0.29, 0.717) is 22.3 Å². The Kier molecular flexibility index (Phi) is 4.49. The zero-order chi connectivity index (χ0) is 13.1. The van der Waals surface area contributed by atoms with Crippen molar-refractivity contribution in [1.29, 1.82) is 0 Å². The molecule has 0 amide bonds. The maximum Gasteiger partial charge on any atom is 0.147 e. The van der Waals surface area contributed by atoms with Crippen LogP contribution in [0.25, 0.3) is 0 Å². The minimum absolute atomic E-state index is 0.375. The largest absolute Gasteiger partial charge is 0.379 e. The molecular weight excluding hydrogens is 340 g/mol. The van der Waals surface area contributed by atoms with Crippen LogP contribution < -0.4 is 5.32 Å². The molecule has 0 radical (unpaired) electrons. The topological polar surface area (TPSA) is 12.0 Å². The summed E-state index contributed by atoms with van der Waals surface area (Å²) in [7, 11) is 0. The van der Waals surface area contributed by atoms with Crippen molar-refractivity contribution < 1.29 is 4.39 Å². The fourth-order valence-electron chi connectivity index (χ4n) is 1.49. The molecule has 0 saturated carbocycles. The Bertz CT molecular complexity index is 523. The van der Waals surface area contributed by atoms with E-state index in [0.717, 1.165) is 10.0 Å². The molecule has 2 aromatic carbocycles. The normalized spacial score (nSPS) is 10.4. The average Bonchev–Trinajstić information content (AvgIpc) is 2.30. The van der Waals surface area contributed by atoms with Gasteiger partial charge in [-0.2, -0.15) is 0 Å². The maximum absolute atomic E-state index is 13.5. The van der Waals surface area contributed by atoms with Gasteiger partial charge in [-0.3, -0.25) is 0 Å². The van der Waals surface area contributed by atoms with Gasteiger partial charge in [-0.25, -0.2) is 4.39 Å². The van der Waals surface area contributed by atoms with Crippen LogP contribution in [0.4, 0.5) is 10.1 Å². The molecule has 0 heterocycles. The molecule has 0 spiro atoms. The predicted molar refractivity (Wildman–Crippen MR) is 77.9 cm³/mol. The van der Waals surface area contributed by atoms with Crippen LogP contribution in [-0.2, 0) is 6.54 Å². The molecule has 0 fully saturated rings. The molecule has 2 rings (SSSR count). The van der Waals surface area contributed by atoms with E-state index in [1.807, 2.05) is 12.1 Å². The highest BCUT2D eigenvalue weighted by Crippen LogP contribution is 2.24. The smallest absolute Gasteiger partial charge is 0.147 e. The summed E-state index contributed by atoms with van der Waals surface area (Å²) in [5.74, 6) is -0.379. The van der Waals surface area contributed by atoms with Crippen LogP contribution in [0.3, 0.4) is 0 Å². The second-order valence-electron chi connectivity index (χ2n) is 3.71. The molecule has 18 heavy (non-hydrogen) atoms. The van der Waals surface area contributed by atoms with Crippen LogP contribution >= 0.6 is 39.1 Å². The first kappa shape index (κ1) is 13.7. The molecule has 1 N–H and O–H groups in total. The van der Waals surface area contributed by atoms with E-state index in [1.54, 1.807) is 18.2 Å². The second-order valence-corrected chi connectivity index (χ2v) is 5.47. The van der Waals surface area contributed by atoms with Crippen molar-refractivity contribution in [2.24, 2.45) is 0 Å². The highest BCUT2D eigenvalue weighted by atomic mass is 79.9. The summed E-state index contributed by atoms with van der Waals surface area (Å²) in [5.41, 5.74) is 1.30. The minimum Gasteiger partial charge on any atom is -0.379 e. The number of rotatable bonds is 3. The van der Waals surface area contributed by atoms with Crippen LogP contribution in [-0.4, -0.2) is 0 Å². The first-order valence-corrected chi connectivity index (χ1v) is 6.74. The number of hydrogen-bond acceptors (Lipinski definition) is 1. The van der Waals surface area contributed by atoms with Crippen molar-refractivity contribution in [1.82, 2.24) is 0 Å². The summed E-state index contributed by atoms with van der Waals surface area (Å²) in [5, 5.41) is 3.99. The number of benzene rings is 2. The number of halogens is 4.